The second kappa shape index (κ2) is 5.74. The highest BCUT2D eigenvalue weighted by molar-refractivity contribution is 5.49. The zero-order valence-corrected chi connectivity index (χ0v) is 12.9. The van der Waals surface area contributed by atoms with Crippen molar-refractivity contribution in [3.8, 4) is 5.75 Å². The number of nitrogens with zero attached hydrogens (tertiary/aromatic N) is 1. The van der Waals surface area contributed by atoms with Crippen LogP contribution in [-0.2, 0) is 6.42 Å². The maximum atomic E-state index is 6.04. The molecule has 1 fully saturated rings. The molecule has 2 aliphatic rings. The van der Waals surface area contributed by atoms with Crippen molar-refractivity contribution in [2.45, 2.75) is 38.1 Å². The largest absolute Gasteiger partial charge is 0.491 e. The van der Waals surface area contributed by atoms with Crippen LogP contribution in [0, 0.1) is 6.92 Å². The van der Waals surface area contributed by atoms with Crippen molar-refractivity contribution in [1.82, 2.24) is 10.2 Å². The molecular formula is C17H26N2O. The van der Waals surface area contributed by atoms with E-state index in [4.69, 9.17) is 4.74 Å². The summed E-state index contributed by atoms with van der Waals surface area (Å²) in [6.45, 7) is 5.38. The molecule has 3 nitrogen and oxygen atoms in total. The smallest absolute Gasteiger partial charge is 0.125 e. The van der Waals surface area contributed by atoms with E-state index in [0.717, 1.165) is 18.8 Å². The van der Waals surface area contributed by atoms with Gasteiger partial charge >= 0.3 is 0 Å². The quantitative estimate of drug-likeness (QED) is 0.896. The van der Waals surface area contributed by atoms with Gasteiger partial charge in [0.15, 0.2) is 0 Å². The first-order chi connectivity index (χ1) is 9.69. The van der Waals surface area contributed by atoms with Gasteiger partial charge in [0.2, 0.25) is 0 Å². The van der Waals surface area contributed by atoms with Crippen LogP contribution in [0.15, 0.2) is 12.1 Å². The molecule has 3 heteroatoms. The van der Waals surface area contributed by atoms with Gasteiger partial charge in [-0.25, -0.2) is 0 Å². The zero-order valence-electron chi connectivity index (χ0n) is 12.9. The number of ether oxygens (including phenoxy) is 1. The van der Waals surface area contributed by atoms with Gasteiger partial charge < -0.3 is 15.0 Å². The molecule has 1 aromatic carbocycles. The standard InChI is InChI=1S/C17H26N2O/c1-12-4-5-15(13-6-8-19(3)9-7-13)16-10-14(18-2)11-20-17(12)16/h4-5,13-14,18H,6-11H2,1-3H3. The summed E-state index contributed by atoms with van der Waals surface area (Å²) in [5.41, 5.74) is 4.29. The molecule has 110 valence electrons. The number of hydrogen-bond acceptors (Lipinski definition) is 3. The Bertz CT molecular complexity index is 478. The van der Waals surface area contributed by atoms with E-state index in [1.54, 1.807) is 5.56 Å². The molecule has 1 saturated heterocycles. The first kappa shape index (κ1) is 13.9. The fraction of sp³-hybridized carbons (Fsp3) is 0.647. The van der Waals surface area contributed by atoms with Gasteiger partial charge in [-0.05, 0) is 76.0 Å². The molecule has 1 unspecified atom stereocenters. The van der Waals surface area contributed by atoms with E-state index in [1.807, 2.05) is 7.05 Å². The minimum Gasteiger partial charge on any atom is -0.491 e. The topological polar surface area (TPSA) is 24.5 Å². The molecule has 20 heavy (non-hydrogen) atoms. The first-order valence-electron chi connectivity index (χ1n) is 7.80. The van der Waals surface area contributed by atoms with Crippen LogP contribution < -0.4 is 10.1 Å². The monoisotopic (exact) mass is 274 g/mol. The molecule has 0 amide bonds. The third-order valence-corrected chi connectivity index (χ3v) is 4.94. The third kappa shape index (κ3) is 2.57. The number of benzene rings is 1. The minimum atomic E-state index is 0.453. The Morgan fingerprint density at radius 3 is 2.70 bits per heavy atom. The highest BCUT2D eigenvalue weighted by Gasteiger charge is 2.27. The molecule has 1 aromatic rings. The van der Waals surface area contributed by atoms with Crippen molar-refractivity contribution in [2.24, 2.45) is 0 Å². The molecule has 3 rings (SSSR count). The van der Waals surface area contributed by atoms with Crippen LogP contribution in [0.2, 0.25) is 0 Å². The van der Waals surface area contributed by atoms with Crippen LogP contribution >= 0.6 is 0 Å². The zero-order chi connectivity index (χ0) is 14.1. The molecule has 2 heterocycles. The second-order valence-electron chi connectivity index (χ2n) is 6.36. The molecule has 0 saturated carbocycles. The number of piperidine rings is 1. The van der Waals surface area contributed by atoms with Crippen LogP contribution in [0.5, 0.6) is 5.75 Å². The molecule has 0 radical (unpaired) electrons. The molecule has 2 aliphatic heterocycles. The number of likely N-dealkylation sites (tertiary alicyclic amines) is 1. The fourth-order valence-electron chi connectivity index (χ4n) is 3.55. The number of likely N-dealkylation sites (N-methyl/N-ethyl adjacent to an activating group) is 1. The predicted molar refractivity (Wildman–Crippen MR) is 82.7 cm³/mol. The van der Waals surface area contributed by atoms with Gasteiger partial charge in [-0.2, -0.15) is 0 Å². The van der Waals surface area contributed by atoms with Gasteiger partial charge in [0.05, 0.1) is 0 Å². The summed E-state index contributed by atoms with van der Waals surface area (Å²) in [6, 6.07) is 5.05. The molecule has 0 spiro atoms. The normalized spacial score (nSPS) is 24.2. The summed E-state index contributed by atoms with van der Waals surface area (Å²) in [5, 5.41) is 3.37. The van der Waals surface area contributed by atoms with E-state index in [0.29, 0.717) is 12.0 Å². The maximum absolute atomic E-state index is 6.04. The molecule has 0 aromatic heterocycles. The van der Waals surface area contributed by atoms with Gasteiger partial charge in [0, 0.05) is 6.04 Å². The molecule has 0 aliphatic carbocycles. The Morgan fingerprint density at radius 1 is 1.25 bits per heavy atom. The lowest BCUT2D eigenvalue weighted by molar-refractivity contribution is 0.236. The lowest BCUT2D eigenvalue weighted by atomic mass is 9.83. The third-order valence-electron chi connectivity index (χ3n) is 4.94. The first-order valence-corrected chi connectivity index (χ1v) is 7.80. The fourth-order valence-corrected chi connectivity index (χ4v) is 3.55. The number of hydrogen-bond donors (Lipinski definition) is 1. The molecule has 1 atom stereocenters. The lowest BCUT2D eigenvalue weighted by Gasteiger charge is -2.34. The van der Waals surface area contributed by atoms with Gasteiger partial charge in [-0.3, -0.25) is 0 Å². The Kier molecular flexibility index (Phi) is 3.99. The highest BCUT2D eigenvalue weighted by atomic mass is 16.5. The van der Waals surface area contributed by atoms with Crippen molar-refractivity contribution in [2.75, 3.05) is 33.8 Å². The molecule has 1 N–H and O–H groups in total. The summed E-state index contributed by atoms with van der Waals surface area (Å²) in [5.74, 6) is 1.87. The summed E-state index contributed by atoms with van der Waals surface area (Å²) in [4.78, 5) is 2.43. The number of fused-ring (bicyclic) bond motifs is 1. The molecular weight excluding hydrogens is 248 g/mol. The van der Waals surface area contributed by atoms with Gasteiger partial charge in [0.1, 0.15) is 12.4 Å². The van der Waals surface area contributed by atoms with Crippen molar-refractivity contribution < 1.29 is 4.74 Å². The van der Waals surface area contributed by atoms with Crippen molar-refractivity contribution in [3.05, 3.63) is 28.8 Å². The van der Waals surface area contributed by atoms with E-state index < -0.39 is 0 Å². The minimum absolute atomic E-state index is 0.453. The van der Waals surface area contributed by atoms with E-state index in [-0.39, 0.29) is 0 Å². The van der Waals surface area contributed by atoms with Crippen molar-refractivity contribution in [3.63, 3.8) is 0 Å². The van der Waals surface area contributed by atoms with Gasteiger partial charge in [0.25, 0.3) is 0 Å². The lowest BCUT2D eigenvalue weighted by Crippen LogP contribution is -2.38. The SMILES string of the molecule is CNC1COc2c(C)ccc(C3CCN(C)CC3)c2C1. The highest BCUT2D eigenvalue weighted by Crippen LogP contribution is 2.38. The summed E-state index contributed by atoms with van der Waals surface area (Å²) < 4.78 is 6.04. The van der Waals surface area contributed by atoms with Crippen molar-refractivity contribution in [1.29, 1.82) is 0 Å². The number of aryl methyl sites for hydroxylation is 1. The Morgan fingerprint density at radius 2 is 2.00 bits per heavy atom. The van der Waals surface area contributed by atoms with Gasteiger partial charge in [-0.1, -0.05) is 12.1 Å². The number of nitrogens with one attached hydrogen (secondary N) is 1. The van der Waals surface area contributed by atoms with Crippen LogP contribution in [-0.4, -0.2) is 44.7 Å². The van der Waals surface area contributed by atoms with Crippen LogP contribution in [0.1, 0.15) is 35.4 Å². The Labute approximate surface area is 122 Å². The number of rotatable bonds is 2. The predicted octanol–water partition coefficient (Wildman–Crippen LogP) is 2.33. The molecule has 0 bridgehead atoms. The van der Waals surface area contributed by atoms with Crippen LogP contribution in [0.25, 0.3) is 0 Å². The second-order valence-corrected chi connectivity index (χ2v) is 6.36. The summed E-state index contributed by atoms with van der Waals surface area (Å²) >= 11 is 0. The maximum Gasteiger partial charge on any atom is 0.125 e. The van der Waals surface area contributed by atoms with E-state index >= 15 is 0 Å². The van der Waals surface area contributed by atoms with Crippen molar-refractivity contribution >= 4 is 0 Å². The van der Waals surface area contributed by atoms with E-state index in [2.05, 4.69) is 36.3 Å². The van der Waals surface area contributed by atoms with E-state index in [9.17, 15) is 0 Å². The Balaban J connectivity index is 1.91. The van der Waals surface area contributed by atoms with Crippen LogP contribution in [0.4, 0.5) is 0 Å². The van der Waals surface area contributed by atoms with Gasteiger partial charge in [-0.15, -0.1) is 0 Å². The summed E-state index contributed by atoms with van der Waals surface area (Å²) in [6.07, 6.45) is 3.65. The average Bonchev–Trinajstić information content (AvgIpc) is 2.48. The van der Waals surface area contributed by atoms with Crippen LogP contribution in [0.3, 0.4) is 0 Å². The Hall–Kier alpha value is -1.06. The summed E-state index contributed by atoms with van der Waals surface area (Å²) in [7, 11) is 4.25. The average molecular weight is 274 g/mol. The van der Waals surface area contributed by atoms with E-state index in [1.165, 1.54) is 37.1 Å².